The van der Waals surface area contributed by atoms with Gasteiger partial charge in [-0.15, -0.1) is 0 Å². The van der Waals surface area contributed by atoms with Crippen LogP contribution in [-0.4, -0.2) is 0 Å². The van der Waals surface area contributed by atoms with Crippen LogP contribution in [0.2, 0.25) is 0 Å². The van der Waals surface area contributed by atoms with Crippen LogP contribution in [0.5, 0.6) is 0 Å². The predicted molar refractivity (Wildman–Crippen MR) is 71.8 cm³/mol. The van der Waals surface area contributed by atoms with Crippen LogP contribution in [0.3, 0.4) is 0 Å². The molecule has 0 heterocycles. The molecule has 1 aromatic rings. The molecule has 0 saturated heterocycles. The highest BCUT2D eigenvalue weighted by Gasteiger charge is 1.96. The van der Waals surface area contributed by atoms with Gasteiger partial charge in [-0.05, 0) is 35.9 Å². The summed E-state index contributed by atoms with van der Waals surface area (Å²) in [4.78, 5) is 0. The molecule has 0 fully saturated rings. The van der Waals surface area contributed by atoms with Crippen LogP contribution in [0.15, 0.2) is 68.1 Å². The van der Waals surface area contributed by atoms with E-state index in [0.717, 1.165) is 5.57 Å². The zero-order valence-corrected chi connectivity index (χ0v) is 9.61. The van der Waals surface area contributed by atoms with Crippen molar-refractivity contribution < 1.29 is 0 Å². The lowest BCUT2D eigenvalue weighted by Gasteiger charge is -2.03. The van der Waals surface area contributed by atoms with Gasteiger partial charge in [0.25, 0.3) is 0 Å². The van der Waals surface area contributed by atoms with E-state index in [1.807, 2.05) is 36.6 Å². The number of hydrogen-bond acceptors (Lipinski definition) is 1. The first-order chi connectivity index (χ1) is 7.75. The van der Waals surface area contributed by atoms with E-state index in [2.05, 4.69) is 37.5 Å². The molecule has 0 unspecified atom stereocenters. The fraction of sp³-hybridized carbons (Fsp3) is 0.0667. The Kier molecular flexibility index (Phi) is 4.87. The number of benzene rings is 1. The van der Waals surface area contributed by atoms with Crippen LogP contribution in [-0.2, 0) is 0 Å². The Morgan fingerprint density at radius 2 is 2.00 bits per heavy atom. The topological polar surface area (TPSA) is 12.0 Å². The molecule has 1 nitrogen and oxygen atoms in total. The van der Waals surface area contributed by atoms with Crippen LogP contribution < -0.4 is 5.32 Å². The van der Waals surface area contributed by atoms with E-state index in [1.165, 1.54) is 11.1 Å². The number of allylic oxidation sites excluding steroid dienone is 4. The molecule has 0 saturated carbocycles. The Hall–Kier alpha value is -2.02. The van der Waals surface area contributed by atoms with E-state index in [-0.39, 0.29) is 0 Å². The first-order valence-electron chi connectivity index (χ1n) is 5.21. The minimum absolute atomic E-state index is 1.02. The minimum Gasteiger partial charge on any atom is -0.368 e. The number of hydrogen-bond donors (Lipinski definition) is 1. The Morgan fingerprint density at radius 3 is 2.69 bits per heavy atom. The molecule has 0 spiro atoms. The molecule has 1 heteroatoms. The third-order valence-electron chi connectivity index (χ3n) is 2.21. The average molecular weight is 211 g/mol. The number of rotatable bonds is 5. The second-order valence-corrected chi connectivity index (χ2v) is 3.43. The van der Waals surface area contributed by atoms with E-state index in [0.29, 0.717) is 0 Å². The van der Waals surface area contributed by atoms with Gasteiger partial charge in [0, 0.05) is 6.20 Å². The lowest BCUT2D eigenvalue weighted by atomic mass is 10.0. The largest absolute Gasteiger partial charge is 0.368 e. The molecule has 1 aromatic carbocycles. The van der Waals surface area contributed by atoms with E-state index in [9.17, 15) is 0 Å². The van der Waals surface area contributed by atoms with Gasteiger partial charge in [-0.3, -0.25) is 0 Å². The highest BCUT2D eigenvalue weighted by atomic mass is 14.8. The molecular formula is C15H17N. The monoisotopic (exact) mass is 211 g/mol. The molecule has 0 aliphatic heterocycles. The smallest absolute Gasteiger partial charge is 0.000418 e. The van der Waals surface area contributed by atoms with Gasteiger partial charge < -0.3 is 5.32 Å². The molecule has 16 heavy (non-hydrogen) atoms. The lowest BCUT2D eigenvalue weighted by molar-refractivity contribution is 1.20. The summed E-state index contributed by atoms with van der Waals surface area (Å²) in [6.07, 6.45) is 9.29. The van der Waals surface area contributed by atoms with Crippen molar-refractivity contribution in [2.45, 2.75) is 6.92 Å². The SMILES string of the molecule is C=CN/C=C\C=C/C(=C)c1ccccc1C. The number of nitrogens with one attached hydrogen (secondary N) is 1. The van der Waals surface area contributed by atoms with Gasteiger partial charge in [-0.25, -0.2) is 0 Å². The molecule has 0 amide bonds. The summed E-state index contributed by atoms with van der Waals surface area (Å²) in [5.74, 6) is 0. The molecule has 0 atom stereocenters. The first kappa shape index (κ1) is 12.1. The summed E-state index contributed by atoms with van der Waals surface area (Å²) in [5, 5.41) is 2.88. The highest BCUT2D eigenvalue weighted by Crippen LogP contribution is 2.17. The van der Waals surface area contributed by atoms with E-state index < -0.39 is 0 Å². The Balaban J connectivity index is 2.66. The van der Waals surface area contributed by atoms with Gasteiger partial charge >= 0.3 is 0 Å². The highest BCUT2D eigenvalue weighted by molar-refractivity contribution is 5.74. The normalized spacial score (nSPS) is 10.8. The standard InChI is InChI=1S/C15H17N/c1-4-16-12-8-7-10-14(3)15-11-6-5-9-13(15)2/h4-12,16H,1,3H2,2H3/b10-7-,12-8-. The maximum Gasteiger partial charge on any atom is 0.000418 e. The molecule has 0 aliphatic carbocycles. The molecule has 0 aromatic heterocycles. The van der Waals surface area contributed by atoms with E-state index in [1.54, 1.807) is 6.20 Å². The maximum atomic E-state index is 4.04. The van der Waals surface area contributed by atoms with Crippen LogP contribution in [0.25, 0.3) is 5.57 Å². The molecule has 1 rings (SSSR count). The zero-order valence-electron chi connectivity index (χ0n) is 9.61. The zero-order chi connectivity index (χ0) is 11.8. The van der Waals surface area contributed by atoms with Gasteiger partial charge in [-0.1, -0.05) is 49.6 Å². The van der Waals surface area contributed by atoms with Crippen molar-refractivity contribution in [1.82, 2.24) is 5.32 Å². The summed E-state index contributed by atoms with van der Waals surface area (Å²) < 4.78 is 0. The summed E-state index contributed by atoms with van der Waals surface area (Å²) in [7, 11) is 0. The van der Waals surface area contributed by atoms with Gasteiger partial charge in [0.1, 0.15) is 0 Å². The van der Waals surface area contributed by atoms with Gasteiger partial charge in [-0.2, -0.15) is 0 Å². The predicted octanol–water partition coefficient (Wildman–Crippen LogP) is 3.81. The molecule has 0 radical (unpaired) electrons. The van der Waals surface area contributed by atoms with Crippen LogP contribution in [0.1, 0.15) is 11.1 Å². The molecule has 82 valence electrons. The quantitative estimate of drug-likeness (QED) is 0.730. The van der Waals surface area contributed by atoms with Crippen molar-refractivity contribution in [2.75, 3.05) is 0 Å². The Labute approximate surface area is 97.5 Å². The fourth-order valence-corrected chi connectivity index (χ4v) is 1.37. The number of aryl methyl sites for hydroxylation is 1. The molecular weight excluding hydrogens is 194 g/mol. The third-order valence-corrected chi connectivity index (χ3v) is 2.21. The van der Waals surface area contributed by atoms with Gasteiger partial charge in [0.05, 0.1) is 0 Å². The van der Waals surface area contributed by atoms with Gasteiger partial charge in [0.2, 0.25) is 0 Å². The van der Waals surface area contributed by atoms with Crippen molar-refractivity contribution in [1.29, 1.82) is 0 Å². The molecule has 0 aliphatic rings. The van der Waals surface area contributed by atoms with E-state index >= 15 is 0 Å². The summed E-state index contributed by atoms with van der Waals surface area (Å²) in [5.41, 5.74) is 3.44. The Morgan fingerprint density at radius 1 is 1.25 bits per heavy atom. The fourth-order valence-electron chi connectivity index (χ4n) is 1.37. The molecule has 1 N–H and O–H groups in total. The second-order valence-electron chi connectivity index (χ2n) is 3.43. The van der Waals surface area contributed by atoms with Crippen molar-refractivity contribution in [3.05, 3.63) is 79.2 Å². The average Bonchev–Trinajstić information content (AvgIpc) is 2.29. The maximum absolute atomic E-state index is 4.04. The summed E-state index contributed by atoms with van der Waals surface area (Å²) in [6.45, 7) is 9.68. The van der Waals surface area contributed by atoms with Crippen LogP contribution in [0.4, 0.5) is 0 Å². The van der Waals surface area contributed by atoms with Crippen molar-refractivity contribution in [3.8, 4) is 0 Å². The van der Waals surface area contributed by atoms with E-state index in [4.69, 9.17) is 0 Å². The summed E-state index contributed by atoms with van der Waals surface area (Å²) in [6, 6.07) is 8.22. The van der Waals surface area contributed by atoms with Crippen molar-refractivity contribution in [3.63, 3.8) is 0 Å². The minimum atomic E-state index is 1.02. The van der Waals surface area contributed by atoms with Crippen molar-refractivity contribution >= 4 is 5.57 Å². The first-order valence-corrected chi connectivity index (χ1v) is 5.21. The van der Waals surface area contributed by atoms with Crippen LogP contribution >= 0.6 is 0 Å². The van der Waals surface area contributed by atoms with Gasteiger partial charge in [0.15, 0.2) is 0 Å². The Bertz CT molecular complexity index is 425. The summed E-state index contributed by atoms with van der Waals surface area (Å²) >= 11 is 0. The third kappa shape index (κ3) is 3.62. The lowest BCUT2D eigenvalue weighted by Crippen LogP contribution is -1.87. The second kappa shape index (κ2) is 6.46. The van der Waals surface area contributed by atoms with Crippen molar-refractivity contribution in [2.24, 2.45) is 0 Å². The molecule has 0 bridgehead atoms. The van der Waals surface area contributed by atoms with Crippen LogP contribution in [0, 0.1) is 6.92 Å².